The summed E-state index contributed by atoms with van der Waals surface area (Å²) < 4.78 is 0. The molecule has 3 rings (SSSR count). The lowest BCUT2D eigenvalue weighted by Crippen LogP contribution is -2.47. The largest absolute Gasteiger partial charge is 0.337 e. The summed E-state index contributed by atoms with van der Waals surface area (Å²) in [6.07, 6.45) is 7.66. The number of alkyl halides is 1. The van der Waals surface area contributed by atoms with Gasteiger partial charge in [0.15, 0.2) is 0 Å². The molecular formula is C14H22ClNOS. The van der Waals surface area contributed by atoms with E-state index >= 15 is 0 Å². The van der Waals surface area contributed by atoms with Crippen LogP contribution in [-0.2, 0) is 4.79 Å². The molecule has 3 aliphatic rings. The number of carbonyl (C=O) groups excluding carboxylic acids is 1. The average molecular weight is 288 g/mol. The van der Waals surface area contributed by atoms with Crippen molar-refractivity contribution in [1.82, 2.24) is 4.90 Å². The molecule has 102 valence electrons. The number of rotatable bonds is 2. The van der Waals surface area contributed by atoms with Crippen molar-refractivity contribution in [3.05, 3.63) is 0 Å². The first kappa shape index (κ1) is 13.1. The fourth-order valence-corrected chi connectivity index (χ4v) is 5.44. The first-order chi connectivity index (χ1) is 8.74. The van der Waals surface area contributed by atoms with Crippen LogP contribution in [0.2, 0.25) is 0 Å². The molecule has 0 aromatic heterocycles. The smallest absolute Gasteiger partial charge is 0.223 e. The number of hydrogen-bond acceptors (Lipinski definition) is 2. The maximum atomic E-state index is 12.5. The van der Waals surface area contributed by atoms with Gasteiger partial charge in [-0.15, -0.1) is 11.6 Å². The Kier molecular flexibility index (Phi) is 4.09. The monoisotopic (exact) mass is 287 g/mol. The third kappa shape index (κ3) is 2.67. The predicted octanol–water partition coefficient (Wildman–Crippen LogP) is 3.28. The Labute approximate surface area is 119 Å². The zero-order valence-electron chi connectivity index (χ0n) is 10.8. The van der Waals surface area contributed by atoms with Gasteiger partial charge in [0.25, 0.3) is 0 Å². The van der Waals surface area contributed by atoms with E-state index in [-0.39, 0.29) is 0 Å². The molecule has 0 aromatic carbocycles. The van der Waals surface area contributed by atoms with Gasteiger partial charge in [-0.2, -0.15) is 11.8 Å². The lowest BCUT2D eigenvalue weighted by atomic mass is 9.95. The minimum Gasteiger partial charge on any atom is -0.337 e. The summed E-state index contributed by atoms with van der Waals surface area (Å²) in [5.74, 6) is 3.55. The minimum absolute atomic E-state index is 0.303. The molecule has 2 nitrogen and oxygen atoms in total. The average Bonchev–Trinajstić information content (AvgIpc) is 2.63. The van der Waals surface area contributed by atoms with Crippen molar-refractivity contribution >= 4 is 29.3 Å². The van der Waals surface area contributed by atoms with Crippen molar-refractivity contribution in [2.45, 2.75) is 62.4 Å². The third-order valence-corrected chi connectivity index (χ3v) is 6.17. The highest BCUT2D eigenvalue weighted by Crippen LogP contribution is 2.39. The van der Waals surface area contributed by atoms with E-state index in [0.717, 1.165) is 19.3 Å². The molecule has 3 heterocycles. The van der Waals surface area contributed by atoms with Crippen LogP contribution >= 0.6 is 23.4 Å². The first-order valence-electron chi connectivity index (χ1n) is 7.27. The minimum atomic E-state index is 0.303. The van der Waals surface area contributed by atoms with Crippen LogP contribution in [-0.4, -0.2) is 39.8 Å². The van der Waals surface area contributed by atoms with Crippen LogP contribution in [0.15, 0.2) is 0 Å². The fraction of sp³-hybridized carbons (Fsp3) is 0.929. The molecule has 4 heteroatoms. The number of piperidine rings is 1. The van der Waals surface area contributed by atoms with Crippen LogP contribution in [0.1, 0.15) is 44.9 Å². The Hall–Kier alpha value is 0.110. The Morgan fingerprint density at radius 1 is 1.11 bits per heavy atom. The summed E-state index contributed by atoms with van der Waals surface area (Å²) in [6.45, 7) is 0. The van der Waals surface area contributed by atoms with Gasteiger partial charge in [0.1, 0.15) is 0 Å². The topological polar surface area (TPSA) is 20.3 Å². The Morgan fingerprint density at radius 3 is 2.33 bits per heavy atom. The Morgan fingerprint density at radius 2 is 1.72 bits per heavy atom. The third-order valence-electron chi connectivity index (χ3n) is 4.77. The second-order valence-corrected chi connectivity index (χ2v) is 7.86. The summed E-state index contributed by atoms with van der Waals surface area (Å²) >= 11 is 8.30. The SMILES string of the molecule is O=C(CC1CCSCC1)N1C2CCC1CC(Cl)C2. The summed E-state index contributed by atoms with van der Waals surface area (Å²) in [4.78, 5) is 14.7. The first-order valence-corrected chi connectivity index (χ1v) is 8.86. The molecule has 2 atom stereocenters. The summed E-state index contributed by atoms with van der Waals surface area (Å²) in [6, 6.07) is 0.911. The molecule has 3 fully saturated rings. The van der Waals surface area contributed by atoms with Crippen molar-refractivity contribution in [1.29, 1.82) is 0 Å². The van der Waals surface area contributed by atoms with Crippen LogP contribution in [0.4, 0.5) is 0 Å². The van der Waals surface area contributed by atoms with Gasteiger partial charge in [-0.1, -0.05) is 0 Å². The molecule has 0 saturated carbocycles. The van der Waals surface area contributed by atoms with Gasteiger partial charge >= 0.3 is 0 Å². The summed E-state index contributed by atoms with van der Waals surface area (Å²) in [5.41, 5.74) is 0. The molecular weight excluding hydrogens is 266 g/mol. The van der Waals surface area contributed by atoms with Gasteiger partial charge < -0.3 is 4.90 Å². The van der Waals surface area contributed by atoms with Crippen molar-refractivity contribution in [2.24, 2.45) is 5.92 Å². The van der Waals surface area contributed by atoms with Crippen LogP contribution in [0.5, 0.6) is 0 Å². The van der Waals surface area contributed by atoms with Gasteiger partial charge in [-0.25, -0.2) is 0 Å². The van der Waals surface area contributed by atoms with Crippen molar-refractivity contribution in [2.75, 3.05) is 11.5 Å². The van der Waals surface area contributed by atoms with Gasteiger partial charge in [0.05, 0.1) is 0 Å². The number of carbonyl (C=O) groups is 1. The molecule has 0 aliphatic carbocycles. The number of fused-ring (bicyclic) bond motifs is 2. The Bertz CT molecular complexity index is 305. The van der Waals surface area contributed by atoms with Crippen molar-refractivity contribution < 1.29 is 4.79 Å². The normalized spacial score (nSPS) is 36.9. The second kappa shape index (κ2) is 5.62. The molecule has 0 spiro atoms. The summed E-state index contributed by atoms with van der Waals surface area (Å²) in [5, 5.41) is 0.303. The van der Waals surface area contributed by atoms with E-state index in [1.165, 1.54) is 37.2 Å². The van der Waals surface area contributed by atoms with Gasteiger partial charge in [0.2, 0.25) is 5.91 Å². The molecule has 3 aliphatic heterocycles. The standard InChI is InChI=1S/C14H22ClNOS/c15-11-8-12-1-2-13(9-11)16(12)14(17)7-10-3-5-18-6-4-10/h10-13H,1-9H2. The highest BCUT2D eigenvalue weighted by molar-refractivity contribution is 7.99. The van der Waals surface area contributed by atoms with Crippen LogP contribution in [0.25, 0.3) is 0 Å². The lowest BCUT2D eigenvalue weighted by Gasteiger charge is -2.38. The number of halogens is 1. The van der Waals surface area contributed by atoms with Crippen LogP contribution in [0, 0.1) is 5.92 Å². The van der Waals surface area contributed by atoms with E-state index in [0.29, 0.717) is 29.3 Å². The highest BCUT2D eigenvalue weighted by Gasteiger charge is 2.42. The van der Waals surface area contributed by atoms with Crippen molar-refractivity contribution in [3.8, 4) is 0 Å². The van der Waals surface area contributed by atoms with E-state index < -0.39 is 0 Å². The van der Waals surface area contributed by atoms with E-state index in [1.807, 2.05) is 11.8 Å². The number of thioether (sulfide) groups is 1. The molecule has 18 heavy (non-hydrogen) atoms. The second-order valence-electron chi connectivity index (χ2n) is 6.01. The lowest BCUT2D eigenvalue weighted by molar-refractivity contribution is -0.136. The van der Waals surface area contributed by atoms with E-state index in [1.54, 1.807) is 0 Å². The van der Waals surface area contributed by atoms with E-state index in [4.69, 9.17) is 11.6 Å². The predicted molar refractivity (Wildman–Crippen MR) is 77.2 cm³/mol. The van der Waals surface area contributed by atoms with Gasteiger partial charge in [-0.3, -0.25) is 4.79 Å². The Balaban J connectivity index is 1.59. The highest BCUT2D eigenvalue weighted by atomic mass is 35.5. The number of nitrogens with zero attached hydrogens (tertiary/aromatic N) is 1. The maximum absolute atomic E-state index is 12.5. The number of hydrogen-bond donors (Lipinski definition) is 0. The molecule has 2 bridgehead atoms. The zero-order chi connectivity index (χ0) is 12.5. The fourth-order valence-electron chi connectivity index (χ4n) is 3.82. The van der Waals surface area contributed by atoms with Crippen LogP contribution < -0.4 is 0 Å². The van der Waals surface area contributed by atoms with Gasteiger partial charge in [0, 0.05) is 23.9 Å². The molecule has 0 aromatic rings. The zero-order valence-corrected chi connectivity index (χ0v) is 12.4. The number of amides is 1. The summed E-state index contributed by atoms with van der Waals surface area (Å²) in [7, 11) is 0. The van der Waals surface area contributed by atoms with E-state index in [9.17, 15) is 4.79 Å². The van der Waals surface area contributed by atoms with Crippen LogP contribution in [0.3, 0.4) is 0 Å². The van der Waals surface area contributed by atoms with Gasteiger partial charge in [-0.05, 0) is 55.9 Å². The quantitative estimate of drug-likeness (QED) is 0.727. The molecule has 0 N–H and O–H groups in total. The maximum Gasteiger partial charge on any atom is 0.223 e. The van der Waals surface area contributed by atoms with E-state index in [2.05, 4.69) is 4.90 Å². The molecule has 0 radical (unpaired) electrons. The van der Waals surface area contributed by atoms with Crippen molar-refractivity contribution in [3.63, 3.8) is 0 Å². The molecule has 3 saturated heterocycles. The molecule has 1 amide bonds. The molecule has 2 unspecified atom stereocenters.